The summed E-state index contributed by atoms with van der Waals surface area (Å²) in [4.78, 5) is 11.6. The number of hydrogen-bond acceptors (Lipinski definition) is 4. The van der Waals surface area contributed by atoms with E-state index in [1.54, 1.807) is 0 Å². The Hall–Kier alpha value is -1.36. The van der Waals surface area contributed by atoms with E-state index in [2.05, 4.69) is 24.3 Å². The predicted octanol–water partition coefficient (Wildman–Crippen LogP) is 1.58. The summed E-state index contributed by atoms with van der Waals surface area (Å²) in [6.07, 6.45) is 4.57. The topological polar surface area (TPSA) is 56.2 Å². The second-order valence-corrected chi connectivity index (χ2v) is 4.79. The number of rotatable bonds is 7. The van der Waals surface area contributed by atoms with Gasteiger partial charge >= 0.3 is 5.97 Å². The fourth-order valence-corrected chi connectivity index (χ4v) is 1.79. The van der Waals surface area contributed by atoms with Gasteiger partial charge in [-0.2, -0.15) is 5.10 Å². The van der Waals surface area contributed by atoms with Gasteiger partial charge < -0.3 is 10.1 Å². The zero-order chi connectivity index (χ0) is 13.5. The maximum atomic E-state index is 11.6. The molecule has 5 nitrogen and oxygen atoms in total. The number of ether oxygens (including phenoxy) is 1. The first-order chi connectivity index (χ1) is 8.56. The van der Waals surface area contributed by atoms with E-state index in [4.69, 9.17) is 4.74 Å². The SMILES string of the molecule is CCn1cc(CNC(CC(C)C)C(=O)OC)cn1. The van der Waals surface area contributed by atoms with Crippen molar-refractivity contribution >= 4 is 5.97 Å². The van der Waals surface area contributed by atoms with Gasteiger partial charge in [0, 0.05) is 24.8 Å². The Morgan fingerprint density at radius 3 is 2.78 bits per heavy atom. The Morgan fingerprint density at radius 2 is 2.28 bits per heavy atom. The minimum atomic E-state index is -0.250. The molecule has 1 aromatic heterocycles. The van der Waals surface area contributed by atoms with E-state index < -0.39 is 0 Å². The van der Waals surface area contributed by atoms with Crippen LogP contribution in [0.2, 0.25) is 0 Å². The fourth-order valence-electron chi connectivity index (χ4n) is 1.79. The molecule has 1 heterocycles. The average molecular weight is 253 g/mol. The molecule has 1 atom stereocenters. The molecule has 1 rings (SSSR count). The van der Waals surface area contributed by atoms with E-state index in [1.807, 2.05) is 24.0 Å². The molecule has 0 amide bonds. The largest absolute Gasteiger partial charge is 0.468 e. The number of nitrogens with zero attached hydrogens (tertiary/aromatic N) is 2. The molecule has 0 aromatic carbocycles. The zero-order valence-corrected chi connectivity index (χ0v) is 11.6. The lowest BCUT2D eigenvalue weighted by Gasteiger charge is -2.17. The van der Waals surface area contributed by atoms with Gasteiger partial charge in [0.25, 0.3) is 0 Å². The van der Waals surface area contributed by atoms with Crippen molar-refractivity contribution in [2.24, 2.45) is 5.92 Å². The Balaban J connectivity index is 2.52. The molecule has 0 radical (unpaired) electrons. The maximum absolute atomic E-state index is 11.6. The third kappa shape index (κ3) is 4.49. The van der Waals surface area contributed by atoms with Gasteiger partial charge in [-0.1, -0.05) is 13.8 Å². The van der Waals surface area contributed by atoms with Crippen molar-refractivity contribution in [3.63, 3.8) is 0 Å². The van der Waals surface area contributed by atoms with Crippen LogP contribution in [0, 0.1) is 5.92 Å². The third-order valence-electron chi connectivity index (χ3n) is 2.76. The van der Waals surface area contributed by atoms with E-state index in [9.17, 15) is 4.79 Å². The minimum Gasteiger partial charge on any atom is -0.468 e. The normalized spacial score (nSPS) is 12.7. The van der Waals surface area contributed by atoms with Crippen LogP contribution in [0.3, 0.4) is 0 Å². The highest BCUT2D eigenvalue weighted by Crippen LogP contribution is 2.07. The lowest BCUT2D eigenvalue weighted by atomic mass is 10.0. The van der Waals surface area contributed by atoms with Gasteiger partial charge in [-0.3, -0.25) is 9.48 Å². The van der Waals surface area contributed by atoms with E-state index in [1.165, 1.54) is 7.11 Å². The van der Waals surface area contributed by atoms with Crippen LogP contribution in [0.4, 0.5) is 0 Å². The molecule has 1 unspecified atom stereocenters. The van der Waals surface area contributed by atoms with E-state index in [-0.39, 0.29) is 12.0 Å². The Morgan fingerprint density at radius 1 is 1.56 bits per heavy atom. The number of carbonyl (C=O) groups excluding carboxylic acids is 1. The third-order valence-corrected chi connectivity index (χ3v) is 2.76. The van der Waals surface area contributed by atoms with Crippen LogP contribution < -0.4 is 5.32 Å². The summed E-state index contributed by atoms with van der Waals surface area (Å²) < 4.78 is 6.67. The highest BCUT2D eigenvalue weighted by Gasteiger charge is 2.19. The molecule has 1 aromatic rings. The van der Waals surface area contributed by atoms with Crippen molar-refractivity contribution in [2.75, 3.05) is 7.11 Å². The summed E-state index contributed by atoms with van der Waals surface area (Å²) in [6, 6.07) is -0.250. The van der Waals surface area contributed by atoms with Gasteiger partial charge in [0.2, 0.25) is 0 Å². The number of aromatic nitrogens is 2. The van der Waals surface area contributed by atoms with Gasteiger partial charge in [-0.25, -0.2) is 0 Å². The van der Waals surface area contributed by atoms with Crippen molar-refractivity contribution in [2.45, 2.75) is 46.3 Å². The zero-order valence-electron chi connectivity index (χ0n) is 11.6. The molecule has 0 aliphatic heterocycles. The second-order valence-electron chi connectivity index (χ2n) is 4.79. The fraction of sp³-hybridized carbons (Fsp3) is 0.692. The summed E-state index contributed by atoms with van der Waals surface area (Å²) in [5.74, 6) is 0.242. The summed E-state index contributed by atoms with van der Waals surface area (Å²) in [5, 5.41) is 7.43. The molecule has 0 aliphatic carbocycles. The van der Waals surface area contributed by atoms with E-state index in [0.717, 1.165) is 18.5 Å². The Kier molecular flexibility index (Phi) is 5.85. The van der Waals surface area contributed by atoms with Crippen LogP contribution in [0.5, 0.6) is 0 Å². The first-order valence-corrected chi connectivity index (χ1v) is 6.39. The monoisotopic (exact) mass is 253 g/mol. The first-order valence-electron chi connectivity index (χ1n) is 6.39. The molecule has 0 bridgehead atoms. The molecule has 0 saturated heterocycles. The van der Waals surface area contributed by atoms with Crippen molar-refractivity contribution < 1.29 is 9.53 Å². The lowest BCUT2D eigenvalue weighted by molar-refractivity contribution is -0.143. The Bertz CT molecular complexity index is 374. The molecule has 0 aliphatic rings. The van der Waals surface area contributed by atoms with Crippen LogP contribution in [0.15, 0.2) is 12.4 Å². The average Bonchev–Trinajstić information content (AvgIpc) is 2.81. The van der Waals surface area contributed by atoms with E-state index >= 15 is 0 Å². The van der Waals surface area contributed by atoms with Crippen LogP contribution in [-0.2, 0) is 22.6 Å². The number of nitrogens with one attached hydrogen (secondary N) is 1. The van der Waals surface area contributed by atoms with Crippen LogP contribution in [0.25, 0.3) is 0 Å². The highest BCUT2D eigenvalue weighted by atomic mass is 16.5. The molecular weight excluding hydrogens is 230 g/mol. The van der Waals surface area contributed by atoms with Gasteiger partial charge in [0.15, 0.2) is 0 Å². The van der Waals surface area contributed by atoms with Crippen molar-refractivity contribution in [1.29, 1.82) is 0 Å². The van der Waals surface area contributed by atoms with Gasteiger partial charge in [0.05, 0.1) is 13.3 Å². The second kappa shape index (κ2) is 7.16. The molecule has 5 heteroatoms. The standard InChI is InChI=1S/C13H23N3O2/c1-5-16-9-11(8-15-16)7-14-12(6-10(2)3)13(17)18-4/h8-10,12,14H,5-7H2,1-4H3. The number of carbonyl (C=O) groups is 1. The lowest BCUT2D eigenvalue weighted by Crippen LogP contribution is -2.38. The van der Waals surface area contributed by atoms with Gasteiger partial charge in [0.1, 0.15) is 6.04 Å². The van der Waals surface area contributed by atoms with Crippen molar-refractivity contribution in [3.05, 3.63) is 18.0 Å². The first kappa shape index (κ1) is 14.7. The minimum absolute atomic E-state index is 0.202. The van der Waals surface area contributed by atoms with Gasteiger partial charge in [-0.15, -0.1) is 0 Å². The van der Waals surface area contributed by atoms with E-state index in [0.29, 0.717) is 12.5 Å². The molecule has 0 saturated carbocycles. The summed E-state index contributed by atoms with van der Waals surface area (Å²) in [5.41, 5.74) is 1.08. The smallest absolute Gasteiger partial charge is 0.322 e. The summed E-state index contributed by atoms with van der Waals surface area (Å²) >= 11 is 0. The molecule has 0 fully saturated rings. The van der Waals surface area contributed by atoms with Crippen LogP contribution >= 0.6 is 0 Å². The molecule has 1 N–H and O–H groups in total. The maximum Gasteiger partial charge on any atom is 0.322 e. The van der Waals surface area contributed by atoms with Crippen LogP contribution in [-0.4, -0.2) is 28.9 Å². The number of esters is 1. The number of hydrogen-bond donors (Lipinski definition) is 1. The Labute approximate surface area is 109 Å². The number of aryl methyl sites for hydroxylation is 1. The molecular formula is C13H23N3O2. The summed E-state index contributed by atoms with van der Waals surface area (Å²) in [7, 11) is 1.42. The quantitative estimate of drug-likeness (QED) is 0.750. The predicted molar refractivity (Wildman–Crippen MR) is 70.0 cm³/mol. The number of methoxy groups -OCH3 is 1. The van der Waals surface area contributed by atoms with Crippen LogP contribution in [0.1, 0.15) is 32.8 Å². The molecule has 18 heavy (non-hydrogen) atoms. The summed E-state index contributed by atoms with van der Waals surface area (Å²) in [6.45, 7) is 7.71. The highest BCUT2D eigenvalue weighted by molar-refractivity contribution is 5.75. The van der Waals surface area contributed by atoms with Crippen molar-refractivity contribution in [1.82, 2.24) is 15.1 Å². The van der Waals surface area contributed by atoms with Gasteiger partial charge in [-0.05, 0) is 19.3 Å². The van der Waals surface area contributed by atoms with Crippen molar-refractivity contribution in [3.8, 4) is 0 Å². The molecule has 102 valence electrons. The molecule has 0 spiro atoms.